The van der Waals surface area contributed by atoms with Crippen LogP contribution in [0, 0.1) is 36.3 Å². The van der Waals surface area contributed by atoms with E-state index in [1.54, 1.807) is 19.9 Å². The number of amides is 1. The van der Waals surface area contributed by atoms with Crippen molar-refractivity contribution in [3.8, 4) is 0 Å². The molecule has 31 heavy (non-hydrogen) atoms. The number of nitrogens with two attached hydrogens (primary N) is 1. The minimum absolute atomic E-state index is 0.0514. The van der Waals surface area contributed by atoms with Crippen LogP contribution in [0.25, 0.3) is 0 Å². The average molecular weight is 425 g/mol. The maximum atomic E-state index is 14.7. The number of carbonyl (C=O) groups excluding carboxylic acids is 1. The third-order valence-electron chi connectivity index (χ3n) is 4.79. The highest BCUT2D eigenvalue weighted by Crippen LogP contribution is 2.27. The fourth-order valence-corrected chi connectivity index (χ4v) is 3.26. The van der Waals surface area contributed by atoms with Crippen LogP contribution in [0.5, 0.6) is 0 Å². The van der Waals surface area contributed by atoms with Gasteiger partial charge in [0.15, 0.2) is 0 Å². The number of hydrogen-bond acceptors (Lipinski definition) is 6. The van der Waals surface area contributed by atoms with Gasteiger partial charge in [-0.05, 0) is 44.2 Å². The Labute approximate surface area is 177 Å². The molecule has 2 aromatic carbocycles. The summed E-state index contributed by atoms with van der Waals surface area (Å²) < 4.78 is 34.6. The average Bonchev–Trinajstić information content (AvgIpc) is 3.06. The standard InChI is InChI=1S/C22H21F2N5O2/c1-10-6-13(11(2)31-10)21(27)14-7-12(4-5-17(14)26)29-22(30)19-16(23)8-18(28-3)15(9-25)20(19)24/h4-9,25,27-28H,26H2,1-3H3,(H,29,30). The minimum atomic E-state index is -1.15. The van der Waals surface area contributed by atoms with E-state index in [0.717, 1.165) is 6.07 Å². The van der Waals surface area contributed by atoms with Gasteiger partial charge in [-0.1, -0.05) is 0 Å². The van der Waals surface area contributed by atoms with Crippen LogP contribution in [0.2, 0.25) is 0 Å². The smallest absolute Gasteiger partial charge is 0.261 e. The molecule has 0 atom stereocenters. The molecular formula is C22H21F2N5O2. The molecule has 0 spiro atoms. The minimum Gasteiger partial charge on any atom is -0.466 e. The van der Waals surface area contributed by atoms with E-state index >= 15 is 0 Å². The summed E-state index contributed by atoms with van der Waals surface area (Å²) >= 11 is 0. The molecule has 0 bridgehead atoms. The van der Waals surface area contributed by atoms with Gasteiger partial charge in [-0.25, -0.2) is 8.78 Å². The van der Waals surface area contributed by atoms with Crippen molar-refractivity contribution in [2.24, 2.45) is 0 Å². The molecule has 1 aromatic heterocycles. The zero-order valence-corrected chi connectivity index (χ0v) is 17.1. The number of benzene rings is 2. The number of carbonyl (C=O) groups is 1. The van der Waals surface area contributed by atoms with E-state index in [0.29, 0.717) is 34.5 Å². The SMILES string of the molecule is CNc1cc(F)c(C(=O)Nc2ccc(N)c(C(=N)c3cc(C)oc3C)c2)c(F)c1C=N. The highest BCUT2D eigenvalue weighted by Gasteiger charge is 2.23. The molecule has 0 radical (unpaired) electrons. The second-order valence-corrected chi connectivity index (χ2v) is 6.86. The third kappa shape index (κ3) is 4.02. The van der Waals surface area contributed by atoms with Crippen LogP contribution in [0.1, 0.15) is 38.6 Å². The van der Waals surface area contributed by atoms with Crippen molar-refractivity contribution in [2.45, 2.75) is 13.8 Å². The second kappa shape index (κ2) is 8.39. The maximum absolute atomic E-state index is 14.7. The summed E-state index contributed by atoms with van der Waals surface area (Å²) in [6.07, 6.45) is 0.704. The second-order valence-electron chi connectivity index (χ2n) is 6.86. The maximum Gasteiger partial charge on any atom is 0.261 e. The lowest BCUT2D eigenvalue weighted by atomic mass is 10.0. The fourth-order valence-electron chi connectivity index (χ4n) is 3.26. The van der Waals surface area contributed by atoms with Gasteiger partial charge >= 0.3 is 0 Å². The van der Waals surface area contributed by atoms with Crippen LogP contribution >= 0.6 is 0 Å². The molecule has 0 saturated heterocycles. The van der Waals surface area contributed by atoms with Crippen molar-refractivity contribution < 1.29 is 18.0 Å². The Morgan fingerprint density at radius 2 is 1.87 bits per heavy atom. The molecule has 6 N–H and O–H groups in total. The first-order valence-electron chi connectivity index (χ1n) is 9.25. The normalized spacial score (nSPS) is 10.6. The number of halogens is 2. The van der Waals surface area contributed by atoms with Gasteiger partial charge in [-0.15, -0.1) is 0 Å². The van der Waals surface area contributed by atoms with Gasteiger partial charge in [0.1, 0.15) is 28.7 Å². The Balaban J connectivity index is 1.97. The summed E-state index contributed by atoms with van der Waals surface area (Å²) in [6, 6.07) is 7.06. The van der Waals surface area contributed by atoms with Crippen molar-refractivity contribution >= 4 is 34.9 Å². The molecule has 3 rings (SSSR count). The number of rotatable bonds is 6. The number of aryl methyl sites for hydroxylation is 2. The van der Waals surface area contributed by atoms with Gasteiger partial charge in [-0.3, -0.25) is 10.2 Å². The summed E-state index contributed by atoms with van der Waals surface area (Å²) in [5.41, 5.74) is 6.46. The van der Waals surface area contributed by atoms with Crippen LogP contribution in [-0.4, -0.2) is 24.9 Å². The van der Waals surface area contributed by atoms with E-state index in [1.165, 1.54) is 25.2 Å². The largest absolute Gasteiger partial charge is 0.466 e. The highest BCUT2D eigenvalue weighted by atomic mass is 19.1. The molecule has 0 fully saturated rings. The molecule has 0 unspecified atom stereocenters. The van der Waals surface area contributed by atoms with Crippen LogP contribution < -0.4 is 16.4 Å². The Morgan fingerprint density at radius 1 is 1.16 bits per heavy atom. The monoisotopic (exact) mass is 425 g/mol. The summed E-state index contributed by atoms with van der Waals surface area (Å²) in [5, 5.41) is 20.8. The summed E-state index contributed by atoms with van der Waals surface area (Å²) in [5.74, 6) is -2.07. The fraction of sp³-hybridized carbons (Fsp3) is 0.136. The Bertz CT molecular complexity index is 1220. The van der Waals surface area contributed by atoms with E-state index in [4.69, 9.17) is 21.0 Å². The molecule has 1 heterocycles. The van der Waals surface area contributed by atoms with Crippen LogP contribution in [0.3, 0.4) is 0 Å². The molecule has 1 amide bonds. The predicted molar refractivity (Wildman–Crippen MR) is 117 cm³/mol. The van der Waals surface area contributed by atoms with Gasteiger partial charge in [0.25, 0.3) is 5.91 Å². The first kappa shape index (κ1) is 21.7. The Kier molecular flexibility index (Phi) is 5.87. The van der Waals surface area contributed by atoms with Gasteiger partial charge in [0.2, 0.25) is 0 Å². The zero-order valence-electron chi connectivity index (χ0n) is 17.1. The molecule has 3 aromatic rings. The number of anilines is 3. The summed E-state index contributed by atoms with van der Waals surface area (Å²) in [4.78, 5) is 12.6. The molecule has 0 aliphatic rings. The quantitative estimate of drug-likeness (QED) is 0.295. The topological polar surface area (TPSA) is 128 Å². The first-order chi connectivity index (χ1) is 14.7. The molecule has 7 nitrogen and oxygen atoms in total. The van der Waals surface area contributed by atoms with Crippen molar-refractivity contribution in [3.05, 3.63) is 75.7 Å². The molecule has 9 heteroatoms. The molecule has 0 aliphatic heterocycles. The number of hydrogen-bond donors (Lipinski definition) is 5. The van der Waals surface area contributed by atoms with E-state index < -0.39 is 23.1 Å². The van der Waals surface area contributed by atoms with E-state index in [1.807, 2.05) is 0 Å². The van der Waals surface area contributed by atoms with Crippen LogP contribution in [0.4, 0.5) is 25.8 Å². The van der Waals surface area contributed by atoms with E-state index in [-0.39, 0.29) is 22.6 Å². The predicted octanol–water partition coefficient (Wildman–Crippen LogP) is 4.46. The lowest BCUT2D eigenvalue weighted by molar-refractivity contribution is 0.101. The summed E-state index contributed by atoms with van der Waals surface area (Å²) in [7, 11) is 1.45. The van der Waals surface area contributed by atoms with E-state index in [2.05, 4.69) is 10.6 Å². The van der Waals surface area contributed by atoms with Crippen LogP contribution in [0.15, 0.2) is 34.7 Å². The number of furan rings is 1. The van der Waals surface area contributed by atoms with E-state index in [9.17, 15) is 13.6 Å². The Morgan fingerprint density at radius 3 is 2.45 bits per heavy atom. The molecule has 0 aliphatic carbocycles. The summed E-state index contributed by atoms with van der Waals surface area (Å²) in [6.45, 7) is 3.48. The van der Waals surface area contributed by atoms with Gasteiger partial charge in [0, 0.05) is 41.5 Å². The van der Waals surface area contributed by atoms with Crippen molar-refractivity contribution in [3.63, 3.8) is 0 Å². The van der Waals surface area contributed by atoms with Crippen LogP contribution in [-0.2, 0) is 0 Å². The number of nitrogens with one attached hydrogen (secondary N) is 4. The molecule has 160 valence electrons. The lowest BCUT2D eigenvalue weighted by Crippen LogP contribution is -2.18. The van der Waals surface area contributed by atoms with Gasteiger partial charge < -0.3 is 26.2 Å². The van der Waals surface area contributed by atoms with Gasteiger partial charge in [0.05, 0.1) is 11.3 Å². The lowest BCUT2D eigenvalue weighted by Gasteiger charge is -2.14. The van der Waals surface area contributed by atoms with Crippen molar-refractivity contribution in [1.82, 2.24) is 0 Å². The third-order valence-corrected chi connectivity index (χ3v) is 4.79. The van der Waals surface area contributed by atoms with Crippen molar-refractivity contribution in [1.29, 1.82) is 10.8 Å². The highest BCUT2D eigenvalue weighted by molar-refractivity contribution is 6.15. The Hall–Kier alpha value is -4.01. The number of nitrogen functional groups attached to an aromatic ring is 1. The van der Waals surface area contributed by atoms with Gasteiger partial charge in [-0.2, -0.15) is 0 Å². The first-order valence-corrected chi connectivity index (χ1v) is 9.25. The van der Waals surface area contributed by atoms with Crippen molar-refractivity contribution in [2.75, 3.05) is 23.4 Å². The molecule has 0 saturated carbocycles. The molecular weight excluding hydrogens is 404 g/mol. The zero-order chi connectivity index (χ0) is 22.9.